The molecule has 0 aliphatic carbocycles. The Kier molecular flexibility index (Phi) is 2.86. The zero-order chi connectivity index (χ0) is 10.8. The average molecular weight is 271 g/mol. The third-order valence-corrected chi connectivity index (χ3v) is 2.28. The van der Waals surface area contributed by atoms with Gasteiger partial charge in [0.2, 0.25) is 5.65 Å². The summed E-state index contributed by atoms with van der Waals surface area (Å²) in [5.74, 6) is 1.30. The van der Waals surface area contributed by atoms with E-state index in [0.717, 1.165) is 12.2 Å². The van der Waals surface area contributed by atoms with Gasteiger partial charge in [0.05, 0.1) is 12.8 Å². The van der Waals surface area contributed by atoms with Crippen LogP contribution in [0.4, 0.5) is 0 Å². The lowest BCUT2D eigenvalue weighted by Gasteiger charge is -2.02. The number of fused-ring (bicyclic) bond motifs is 1. The van der Waals surface area contributed by atoms with Crippen LogP contribution in [0.5, 0.6) is 5.88 Å². The molecule has 2 rings (SSSR count). The van der Waals surface area contributed by atoms with Crippen LogP contribution < -0.4 is 4.74 Å². The van der Waals surface area contributed by atoms with Crippen LogP contribution in [0.1, 0.15) is 19.7 Å². The number of ether oxygens (including phenoxy) is 1. The van der Waals surface area contributed by atoms with Crippen molar-refractivity contribution in [1.29, 1.82) is 0 Å². The summed E-state index contributed by atoms with van der Waals surface area (Å²) < 4.78 is 7.76. The third-order valence-electron chi connectivity index (χ3n) is 1.90. The predicted molar refractivity (Wildman–Crippen MR) is 59.0 cm³/mol. The summed E-state index contributed by atoms with van der Waals surface area (Å²) in [6.07, 6.45) is 2.56. The van der Waals surface area contributed by atoms with Gasteiger partial charge in [-0.25, -0.2) is 14.5 Å². The van der Waals surface area contributed by atoms with Crippen molar-refractivity contribution in [3.63, 3.8) is 0 Å². The van der Waals surface area contributed by atoms with Crippen LogP contribution in [-0.2, 0) is 6.42 Å². The molecule has 15 heavy (non-hydrogen) atoms. The molecule has 0 saturated carbocycles. The van der Waals surface area contributed by atoms with Gasteiger partial charge in [-0.1, -0.05) is 6.92 Å². The van der Waals surface area contributed by atoms with Crippen LogP contribution in [0.25, 0.3) is 5.65 Å². The van der Waals surface area contributed by atoms with Crippen LogP contribution in [-0.4, -0.2) is 26.2 Å². The largest absolute Gasteiger partial charge is 0.475 e. The first-order valence-corrected chi connectivity index (χ1v) is 5.58. The Hall–Kier alpha value is -1.17. The molecule has 0 aliphatic rings. The molecule has 0 fully saturated rings. The summed E-state index contributed by atoms with van der Waals surface area (Å²) in [5.41, 5.74) is 0.664. The van der Waals surface area contributed by atoms with Crippen molar-refractivity contribution in [2.75, 3.05) is 6.61 Å². The minimum atomic E-state index is 0.513. The Balaban J connectivity index is 2.61. The van der Waals surface area contributed by atoms with Gasteiger partial charge in [-0.05, 0) is 22.9 Å². The highest BCUT2D eigenvalue weighted by Gasteiger charge is 2.10. The fourth-order valence-electron chi connectivity index (χ4n) is 1.26. The summed E-state index contributed by atoms with van der Waals surface area (Å²) in [6.45, 7) is 4.49. The van der Waals surface area contributed by atoms with E-state index in [2.05, 4.69) is 31.0 Å². The minimum Gasteiger partial charge on any atom is -0.475 e. The number of aryl methyl sites for hydroxylation is 1. The van der Waals surface area contributed by atoms with Gasteiger partial charge in [-0.3, -0.25) is 0 Å². The molecule has 80 valence electrons. The van der Waals surface area contributed by atoms with E-state index in [4.69, 9.17) is 4.74 Å². The quantitative estimate of drug-likeness (QED) is 0.854. The van der Waals surface area contributed by atoms with Crippen molar-refractivity contribution in [3.8, 4) is 5.88 Å². The summed E-state index contributed by atoms with van der Waals surface area (Å²) in [4.78, 5) is 8.54. The smallest absolute Gasteiger partial charge is 0.261 e. The molecule has 6 heteroatoms. The molecule has 0 radical (unpaired) electrons. The maximum absolute atomic E-state index is 5.39. The van der Waals surface area contributed by atoms with Crippen molar-refractivity contribution in [3.05, 3.63) is 16.6 Å². The lowest BCUT2D eigenvalue weighted by Crippen LogP contribution is -1.99. The lowest BCUT2D eigenvalue weighted by atomic mass is 10.5. The second kappa shape index (κ2) is 4.14. The number of nitrogens with zero attached hydrogens (tertiary/aromatic N) is 4. The van der Waals surface area contributed by atoms with Crippen LogP contribution in [0.3, 0.4) is 0 Å². The maximum Gasteiger partial charge on any atom is 0.261 e. The second-order valence-corrected chi connectivity index (χ2v) is 3.76. The van der Waals surface area contributed by atoms with Gasteiger partial charge in [-0.2, -0.15) is 5.10 Å². The molecule has 2 aromatic rings. The lowest BCUT2D eigenvalue weighted by molar-refractivity contribution is 0.328. The summed E-state index contributed by atoms with van der Waals surface area (Å²) in [7, 11) is 0. The molecular formula is C9H11BrN4O. The first kappa shape index (κ1) is 10.4. The molecule has 0 saturated heterocycles. The molecule has 2 aromatic heterocycles. The van der Waals surface area contributed by atoms with E-state index in [1.165, 1.54) is 0 Å². The Bertz CT molecular complexity index is 482. The standard InChI is InChI=1S/C9H11BrN4O/c1-3-7-12-8-9(15-4-2)11-6(10)5-14(8)13-7/h5H,3-4H2,1-2H3. The highest BCUT2D eigenvalue weighted by atomic mass is 79.9. The second-order valence-electron chi connectivity index (χ2n) is 2.95. The van der Waals surface area contributed by atoms with Gasteiger partial charge in [0.1, 0.15) is 4.60 Å². The molecule has 0 spiro atoms. The molecule has 0 atom stereocenters. The van der Waals surface area contributed by atoms with Crippen molar-refractivity contribution < 1.29 is 4.74 Å². The molecule has 5 nitrogen and oxygen atoms in total. The fraction of sp³-hybridized carbons (Fsp3) is 0.444. The summed E-state index contributed by atoms with van der Waals surface area (Å²) in [5, 5.41) is 4.29. The molecule has 0 amide bonds. The zero-order valence-electron chi connectivity index (χ0n) is 8.57. The molecule has 0 unspecified atom stereocenters. The Morgan fingerprint density at radius 2 is 2.20 bits per heavy atom. The van der Waals surface area contributed by atoms with E-state index in [1.807, 2.05) is 13.8 Å². The topological polar surface area (TPSA) is 52.3 Å². The number of hydrogen-bond donors (Lipinski definition) is 0. The Labute approximate surface area is 95.6 Å². The van der Waals surface area contributed by atoms with Crippen LogP contribution in [0.2, 0.25) is 0 Å². The molecule has 0 aliphatic heterocycles. The van der Waals surface area contributed by atoms with Gasteiger partial charge >= 0.3 is 0 Å². The molecular weight excluding hydrogens is 260 g/mol. The monoisotopic (exact) mass is 270 g/mol. The highest BCUT2D eigenvalue weighted by molar-refractivity contribution is 9.10. The van der Waals surface area contributed by atoms with Gasteiger partial charge in [-0.15, -0.1) is 0 Å². The van der Waals surface area contributed by atoms with Crippen LogP contribution >= 0.6 is 15.9 Å². The SMILES string of the molecule is CCOc1nc(Br)cn2nc(CC)nc12. The number of aromatic nitrogens is 4. The summed E-state index contributed by atoms with van der Waals surface area (Å²) >= 11 is 3.30. The summed E-state index contributed by atoms with van der Waals surface area (Å²) in [6, 6.07) is 0. The number of halogens is 1. The fourth-order valence-corrected chi connectivity index (χ4v) is 1.62. The predicted octanol–water partition coefficient (Wildman–Crippen LogP) is 1.85. The van der Waals surface area contributed by atoms with Crippen molar-refractivity contribution in [2.45, 2.75) is 20.3 Å². The van der Waals surface area contributed by atoms with E-state index in [0.29, 0.717) is 22.7 Å². The van der Waals surface area contributed by atoms with Crippen molar-refractivity contribution >= 4 is 21.6 Å². The first-order valence-electron chi connectivity index (χ1n) is 4.79. The van der Waals surface area contributed by atoms with E-state index >= 15 is 0 Å². The van der Waals surface area contributed by atoms with Crippen LogP contribution in [0, 0.1) is 0 Å². The van der Waals surface area contributed by atoms with Crippen molar-refractivity contribution in [2.24, 2.45) is 0 Å². The normalized spacial score (nSPS) is 10.9. The Morgan fingerprint density at radius 3 is 2.87 bits per heavy atom. The van der Waals surface area contributed by atoms with E-state index in [9.17, 15) is 0 Å². The van der Waals surface area contributed by atoms with Gasteiger partial charge in [0.25, 0.3) is 5.88 Å². The molecule has 2 heterocycles. The third kappa shape index (κ3) is 1.94. The van der Waals surface area contributed by atoms with Gasteiger partial charge < -0.3 is 4.74 Å². The van der Waals surface area contributed by atoms with Gasteiger partial charge in [0.15, 0.2) is 5.82 Å². The molecule has 0 bridgehead atoms. The van der Waals surface area contributed by atoms with E-state index in [1.54, 1.807) is 10.7 Å². The maximum atomic E-state index is 5.39. The van der Waals surface area contributed by atoms with Crippen LogP contribution in [0.15, 0.2) is 10.8 Å². The first-order chi connectivity index (χ1) is 7.24. The van der Waals surface area contributed by atoms with Gasteiger partial charge in [0, 0.05) is 6.42 Å². The number of hydrogen-bond acceptors (Lipinski definition) is 4. The minimum absolute atomic E-state index is 0.513. The van der Waals surface area contributed by atoms with E-state index in [-0.39, 0.29) is 0 Å². The number of rotatable bonds is 3. The average Bonchev–Trinajstić information content (AvgIpc) is 2.61. The highest BCUT2D eigenvalue weighted by Crippen LogP contribution is 2.18. The zero-order valence-corrected chi connectivity index (χ0v) is 10.2. The molecule has 0 N–H and O–H groups in total. The van der Waals surface area contributed by atoms with E-state index < -0.39 is 0 Å². The Morgan fingerprint density at radius 1 is 1.40 bits per heavy atom. The molecule has 0 aromatic carbocycles. The van der Waals surface area contributed by atoms with Crippen molar-refractivity contribution in [1.82, 2.24) is 19.6 Å².